The standard InChI is InChI=1S/C15H12F3N/c16-15(17,18)11-5-3-4-10(8-11)13-9-19-14-7-2-1-6-12(13)14/h1-8,13,19H,9H2. The van der Waals surface area contributed by atoms with Crippen molar-refractivity contribution in [3.63, 3.8) is 0 Å². The summed E-state index contributed by atoms with van der Waals surface area (Å²) in [5.74, 6) is -0.0153. The minimum atomic E-state index is -4.29. The van der Waals surface area contributed by atoms with Gasteiger partial charge in [-0.3, -0.25) is 0 Å². The molecule has 1 aliphatic rings. The van der Waals surface area contributed by atoms with Crippen LogP contribution >= 0.6 is 0 Å². The molecule has 0 aromatic heterocycles. The summed E-state index contributed by atoms with van der Waals surface area (Å²) >= 11 is 0. The number of fused-ring (bicyclic) bond motifs is 1. The lowest BCUT2D eigenvalue weighted by atomic mass is 9.92. The van der Waals surface area contributed by atoms with Crippen molar-refractivity contribution in [2.75, 3.05) is 11.9 Å². The number of halogens is 3. The number of hydrogen-bond donors (Lipinski definition) is 1. The molecule has 1 N–H and O–H groups in total. The third-order valence-corrected chi connectivity index (χ3v) is 3.45. The largest absolute Gasteiger partial charge is 0.416 e. The molecule has 1 aliphatic heterocycles. The first kappa shape index (κ1) is 12.1. The van der Waals surface area contributed by atoms with Gasteiger partial charge in [0.15, 0.2) is 0 Å². The highest BCUT2D eigenvalue weighted by Crippen LogP contribution is 2.38. The average Bonchev–Trinajstić information content (AvgIpc) is 2.82. The third-order valence-electron chi connectivity index (χ3n) is 3.45. The van der Waals surface area contributed by atoms with Crippen LogP contribution in [0.2, 0.25) is 0 Å². The lowest BCUT2D eigenvalue weighted by Gasteiger charge is -2.13. The van der Waals surface area contributed by atoms with E-state index in [1.807, 2.05) is 24.3 Å². The summed E-state index contributed by atoms with van der Waals surface area (Å²) in [4.78, 5) is 0. The van der Waals surface area contributed by atoms with Crippen LogP contribution in [0, 0.1) is 0 Å². The van der Waals surface area contributed by atoms with Gasteiger partial charge in [-0.1, -0.05) is 36.4 Å². The van der Waals surface area contributed by atoms with Gasteiger partial charge in [-0.2, -0.15) is 13.2 Å². The molecular formula is C15H12F3N. The van der Waals surface area contributed by atoms with Crippen molar-refractivity contribution >= 4 is 5.69 Å². The lowest BCUT2D eigenvalue weighted by Crippen LogP contribution is -2.08. The van der Waals surface area contributed by atoms with Crippen LogP contribution in [0.1, 0.15) is 22.6 Å². The predicted molar refractivity (Wildman–Crippen MR) is 68.2 cm³/mol. The first-order valence-electron chi connectivity index (χ1n) is 6.05. The lowest BCUT2D eigenvalue weighted by molar-refractivity contribution is -0.137. The molecule has 19 heavy (non-hydrogen) atoms. The average molecular weight is 263 g/mol. The van der Waals surface area contributed by atoms with Crippen LogP contribution in [0.3, 0.4) is 0 Å². The fraction of sp³-hybridized carbons (Fsp3) is 0.200. The number of nitrogens with one attached hydrogen (secondary N) is 1. The third kappa shape index (κ3) is 2.18. The number of alkyl halides is 3. The number of benzene rings is 2. The van der Waals surface area contributed by atoms with Gasteiger partial charge in [0.1, 0.15) is 0 Å². The predicted octanol–water partition coefficient (Wildman–Crippen LogP) is 4.26. The van der Waals surface area contributed by atoms with Crippen LogP contribution in [0.5, 0.6) is 0 Å². The Hall–Kier alpha value is -1.97. The second kappa shape index (κ2) is 4.30. The highest BCUT2D eigenvalue weighted by molar-refractivity contribution is 5.60. The highest BCUT2D eigenvalue weighted by atomic mass is 19.4. The van der Waals surface area contributed by atoms with Crippen LogP contribution in [0.25, 0.3) is 0 Å². The van der Waals surface area contributed by atoms with Gasteiger partial charge in [0.2, 0.25) is 0 Å². The second-order valence-electron chi connectivity index (χ2n) is 4.64. The molecule has 0 spiro atoms. The molecule has 0 radical (unpaired) electrons. The molecule has 4 heteroatoms. The van der Waals surface area contributed by atoms with Crippen molar-refractivity contribution in [1.29, 1.82) is 0 Å². The Balaban J connectivity index is 2.01. The molecule has 0 aliphatic carbocycles. The smallest absolute Gasteiger partial charge is 0.384 e. The van der Waals surface area contributed by atoms with E-state index in [0.717, 1.165) is 17.3 Å². The molecule has 0 fully saturated rings. The van der Waals surface area contributed by atoms with Crippen molar-refractivity contribution in [3.8, 4) is 0 Å². The number of rotatable bonds is 1. The SMILES string of the molecule is FC(F)(F)c1cccc(C2CNc3ccccc32)c1. The van der Waals surface area contributed by atoms with Crippen LogP contribution in [0.15, 0.2) is 48.5 Å². The zero-order valence-corrected chi connectivity index (χ0v) is 10.0. The zero-order chi connectivity index (χ0) is 13.5. The molecule has 98 valence electrons. The number of hydrogen-bond acceptors (Lipinski definition) is 1. The van der Waals surface area contributed by atoms with Gasteiger partial charge < -0.3 is 5.32 Å². The first-order chi connectivity index (χ1) is 9.05. The van der Waals surface area contributed by atoms with Gasteiger partial charge in [-0.05, 0) is 23.3 Å². The van der Waals surface area contributed by atoms with Gasteiger partial charge >= 0.3 is 6.18 Å². The quantitative estimate of drug-likeness (QED) is 0.810. The molecule has 0 saturated carbocycles. The van der Waals surface area contributed by atoms with Gasteiger partial charge in [0.25, 0.3) is 0 Å². The molecule has 2 aromatic carbocycles. The van der Waals surface area contributed by atoms with Gasteiger partial charge in [-0.15, -0.1) is 0 Å². The molecule has 1 atom stereocenters. The van der Waals surface area contributed by atoms with E-state index in [1.165, 1.54) is 12.1 Å². The maximum absolute atomic E-state index is 12.7. The molecule has 3 rings (SSSR count). The summed E-state index contributed by atoms with van der Waals surface area (Å²) in [5, 5.41) is 3.23. The molecular weight excluding hydrogens is 251 g/mol. The van der Waals surface area contributed by atoms with E-state index in [9.17, 15) is 13.2 Å². The van der Waals surface area contributed by atoms with Crippen molar-refractivity contribution in [3.05, 3.63) is 65.2 Å². The molecule has 1 nitrogen and oxygen atoms in total. The van der Waals surface area contributed by atoms with E-state index < -0.39 is 11.7 Å². The van der Waals surface area contributed by atoms with E-state index in [1.54, 1.807) is 6.07 Å². The maximum atomic E-state index is 12.7. The summed E-state index contributed by atoms with van der Waals surface area (Å²) in [5.41, 5.74) is 2.17. The summed E-state index contributed by atoms with van der Waals surface area (Å²) in [6.45, 7) is 0.640. The van der Waals surface area contributed by atoms with E-state index in [4.69, 9.17) is 0 Å². The summed E-state index contributed by atoms with van der Waals surface area (Å²) in [6.07, 6.45) is -4.29. The summed E-state index contributed by atoms with van der Waals surface area (Å²) < 4.78 is 38.2. The minimum absolute atomic E-state index is 0.0153. The Morgan fingerprint density at radius 3 is 2.58 bits per heavy atom. The fourth-order valence-electron chi connectivity index (χ4n) is 2.51. The van der Waals surface area contributed by atoms with Crippen LogP contribution in [0.4, 0.5) is 18.9 Å². The normalized spacial score (nSPS) is 17.9. The van der Waals surface area contributed by atoms with Crippen LogP contribution in [-0.4, -0.2) is 6.54 Å². The topological polar surface area (TPSA) is 12.0 Å². The summed E-state index contributed by atoms with van der Waals surface area (Å²) in [7, 11) is 0. The Bertz CT molecular complexity index is 604. The Morgan fingerprint density at radius 2 is 1.79 bits per heavy atom. The Kier molecular flexibility index (Phi) is 2.73. The van der Waals surface area contributed by atoms with E-state index in [0.29, 0.717) is 12.1 Å². The number of para-hydroxylation sites is 1. The monoisotopic (exact) mass is 263 g/mol. The van der Waals surface area contributed by atoms with E-state index in [2.05, 4.69) is 5.32 Å². The van der Waals surface area contributed by atoms with Crippen LogP contribution in [-0.2, 0) is 6.18 Å². The Labute approximate surface area is 109 Å². The van der Waals surface area contributed by atoms with E-state index >= 15 is 0 Å². The molecule has 2 aromatic rings. The van der Waals surface area contributed by atoms with Crippen molar-refractivity contribution < 1.29 is 13.2 Å². The van der Waals surface area contributed by atoms with Gasteiger partial charge in [0, 0.05) is 18.2 Å². The highest BCUT2D eigenvalue weighted by Gasteiger charge is 2.32. The van der Waals surface area contributed by atoms with Crippen molar-refractivity contribution in [2.45, 2.75) is 12.1 Å². The summed E-state index contributed by atoms with van der Waals surface area (Å²) in [6, 6.07) is 13.3. The number of anilines is 1. The Morgan fingerprint density at radius 1 is 1.00 bits per heavy atom. The van der Waals surface area contributed by atoms with Crippen molar-refractivity contribution in [2.24, 2.45) is 0 Å². The zero-order valence-electron chi connectivity index (χ0n) is 10.0. The molecule has 1 heterocycles. The molecule has 0 amide bonds. The van der Waals surface area contributed by atoms with Gasteiger partial charge in [-0.25, -0.2) is 0 Å². The first-order valence-corrected chi connectivity index (χ1v) is 6.05. The van der Waals surface area contributed by atoms with E-state index in [-0.39, 0.29) is 5.92 Å². The fourth-order valence-corrected chi connectivity index (χ4v) is 2.51. The van der Waals surface area contributed by atoms with Crippen LogP contribution < -0.4 is 5.32 Å². The molecule has 0 saturated heterocycles. The maximum Gasteiger partial charge on any atom is 0.416 e. The molecule has 0 bridgehead atoms. The second-order valence-corrected chi connectivity index (χ2v) is 4.64. The van der Waals surface area contributed by atoms with Gasteiger partial charge in [0.05, 0.1) is 5.56 Å². The molecule has 1 unspecified atom stereocenters. The van der Waals surface area contributed by atoms with Crippen molar-refractivity contribution in [1.82, 2.24) is 0 Å². The minimum Gasteiger partial charge on any atom is -0.384 e.